The van der Waals surface area contributed by atoms with Gasteiger partial charge in [-0.2, -0.15) is 5.26 Å². The van der Waals surface area contributed by atoms with Crippen LogP contribution < -0.4 is 9.47 Å². The van der Waals surface area contributed by atoms with Crippen LogP contribution in [0.2, 0.25) is 0 Å². The van der Waals surface area contributed by atoms with Crippen LogP contribution in [0.25, 0.3) is 6.08 Å². The van der Waals surface area contributed by atoms with Gasteiger partial charge in [-0.3, -0.25) is 4.79 Å². The molecule has 1 aliphatic carbocycles. The van der Waals surface area contributed by atoms with E-state index in [1.807, 2.05) is 13.0 Å². The first kappa shape index (κ1) is 18.5. The van der Waals surface area contributed by atoms with Crippen molar-refractivity contribution >= 4 is 18.0 Å². The molecule has 1 saturated carbocycles. The molecule has 0 unspecified atom stereocenters. The molecule has 2 rings (SSSR count). The summed E-state index contributed by atoms with van der Waals surface area (Å²) in [6.45, 7) is 2.27. The molecule has 0 aromatic heterocycles. The van der Waals surface area contributed by atoms with Crippen molar-refractivity contribution in [3.8, 4) is 17.6 Å². The Morgan fingerprint density at radius 3 is 2.68 bits per heavy atom. The van der Waals surface area contributed by atoms with E-state index in [1.165, 1.54) is 13.2 Å². The number of carbonyl (C=O) groups excluding carboxylic acids is 2. The van der Waals surface area contributed by atoms with Crippen LogP contribution in [0.5, 0.6) is 11.5 Å². The van der Waals surface area contributed by atoms with Crippen molar-refractivity contribution in [3.63, 3.8) is 0 Å². The Kier molecular flexibility index (Phi) is 6.58. The third kappa shape index (κ3) is 5.35. The average molecular weight is 343 g/mol. The van der Waals surface area contributed by atoms with Crippen LogP contribution >= 0.6 is 0 Å². The monoisotopic (exact) mass is 343 g/mol. The van der Waals surface area contributed by atoms with Gasteiger partial charge in [-0.25, -0.2) is 4.79 Å². The maximum Gasteiger partial charge on any atom is 0.348 e. The summed E-state index contributed by atoms with van der Waals surface area (Å²) < 4.78 is 15.6. The van der Waals surface area contributed by atoms with E-state index >= 15 is 0 Å². The number of methoxy groups -OCH3 is 1. The number of ether oxygens (including phenoxy) is 3. The van der Waals surface area contributed by atoms with Crippen molar-refractivity contribution in [2.75, 3.05) is 13.7 Å². The minimum atomic E-state index is -0.654. The summed E-state index contributed by atoms with van der Waals surface area (Å²) in [5.41, 5.74) is 0.480. The van der Waals surface area contributed by atoms with Gasteiger partial charge in [0.25, 0.3) is 0 Å². The fourth-order valence-corrected chi connectivity index (χ4v) is 2.06. The lowest BCUT2D eigenvalue weighted by Gasteiger charge is -2.10. The number of rotatable bonds is 8. The largest absolute Gasteiger partial charge is 0.493 e. The van der Waals surface area contributed by atoms with Crippen LogP contribution in [0.1, 0.15) is 38.2 Å². The number of benzene rings is 1. The van der Waals surface area contributed by atoms with E-state index in [0.717, 1.165) is 25.7 Å². The predicted octanol–water partition coefficient (Wildman–Crippen LogP) is 3.26. The maximum absolute atomic E-state index is 11.9. The zero-order chi connectivity index (χ0) is 18.2. The van der Waals surface area contributed by atoms with Crippen molar-refractivity contribution in [2.45, 2.75) is 32.6 Å². The molecule has 132 valence electrons. The molecular weight excluding hydrogens is 322 g/mol. The second-order valence-electron chi connectivity index (χ2n) is 5.76. The first-order valence-corrected chi connectivity index (χ1v) is 8.27. The summed E-state index contributed by atoms with van der Waals surface area (Å²) in [7, 11) is 1.46. The Morgan fingerprint density at radius 1 is 1.32 bits per heavy atom. The lowest BCUT2D eigenvalue weighted by Crippen LogP contribution is -2.10. The van der Waals surface area contributed by atoms with E-state index in [0.29, 0.717) is 17.1 Å². The van der Waals surface area contributed by atoms with Gasteiger partial charge in [-0.05, 0) is 43.0 Å². The van der Waals surface area contributed by atoms with Crippen molar-refractivity contribution in [3.05, 3.63) is 29.3 Å². The molecule has 1 aromatic carbocycles. The van der Waals surface area contributed by atoms with Gasteiger partial charge in [-0.1, -0.05) is 19.4 Å². The van der Waals surface area contributed by atoms with Gasteiger partial charge in [0.05, 0.1) is 19.6 Å². The first-order valence-electron chi connectivity index (χ1n) is 8.27. The molecule has 0 N–H and O–H groups in total. The highest BCUT2D eigenvalue weighted by Gasteiger charge is 2.32. The highest BCUT2D eigenvalue weighted by Crippen LogP contribution is 2.34. The van der Waals surface area contributed by atoms with Gasteiger partial charge in [0.15, 0.2) is 11.5 Å². The predicted molar refractivity (Wildman–Crippen MR) is 90.8 cm³/mol. The maximum atomic E-state index is 11.9. The molecule has 6 heteroatoms. The van der Waals surface area contributed by atoms with Crippen molar-refractivity contribution in [1.29, 1.82) is 5.26 Å². The van der Waals surface area contributed by atoms with E-state index in [1.54, 1.807) is 18.2 Å². The van der Waals surface area contributed by atoms with Crippen LogP contribution in [-0.4, -0.2) is 25.7 Å². The molecule has 0 aliphatic heterocycles. The topological polar surface area (TPSA) is 85.6 Å². The van der Waals surface area contributed by atoms with Crippen LogP contribution in [0.4, 0.5) is 0 Å². The molecule has 0 spiro atoms. The number of hydrogen-bond donors (Lipinski definition) is 0. The molecule has 0 heterocycles. The third-order valence-electron chi connectivity index (χ3n) is 3.69. The average Bonchev–Trinajstić information content (AvgIpc) is 3.45. The van der Waals surface area contributed by atoms with Gasteiger partial charge in [0.1, 0.15) is 11.6 Å². The Balaban J connectivity index is 2.13. The zero-order valence-corrected chi connectivity index (χ0v) is 14.4. The van der Waals surface area contributed by atoms with Crippen molar-refractivity contribution < 1.29 is 23.8 Å². The highest BCUT2D eigenvalue weighted by atomic mass is 16.6. The van der Waals surface area contributed by atoms with Gasteiger partial charge in [-0.15, -0.1) is 0 Å². The molecule has 1 aliphatic rings. The first-order chi connectivity index (χ1) is 12.1. The zero-order valence-electron chi connectivity index (χ0n) is 14.4. The molecule has 0 bridgehead atoms. The SMILES string of the molecule is CCCCOC(=O)/C(C#N)=C/c1ccc(OC(=O)C2CC2)c(OC)c1. The van der Waals surface area contributed by atoms with E-state index in [2.05, 4.69) is 0 Å². The molecule has 0 radical (unpaired) electrons. The Morgan fingerprint density at radius 2 is 2.08 bits per heavy atom. The summed E-state index contributed by atoms with van der Waals surface area (Å²) >= 11 is 0. The molecule has 6 nitrogen and oxygen atoms in total. The molecular formula is C19H21NO5. The Bertz CT molecular complexity index is 713. The number of nitrogens with zero attached hydrogens (tertiary/aromatic N) is 1. The van der Waals surface area contributed by atoms with E-state index < -0.39 is 5.97 Å². The molecule has 25 heavy (non-hydrogen) atoms. The molecule has 0 atom stereocenters. The summed E-state index contributed by atoms with van der Waals surface area (Å²) in [4.78, 5) is 23.7. The molecule has 0 saturated heterocycles. The quantitative estimate of drug-likeness (QED) is 0.237. The minimum Gasteiger partial charge on any atom is -0.493 e. The summed E-state index contributed by atoms with van der Waals surface area (Å²) in [6.07, 6.45) is 4.78. The van der Waals surface area contributed by atoms with Gasteiger partial charge >= 0.3 is 11.9 Å². The van der Waals surface area contributed by atoms with E-state index in [4.69, 9.17) is 19.5 Å². The van der Waals surface area contributed by atoms with Crippen molar-refractivity contribution in [1.82, 2.24) is 0 Å². The summed E-state index contributed by atoms with van der Waals surface area (Å²) in [5, 5.41) is 9.16. The number of nitriles is 1. The van der Waals surface area contributed by atoms with Crippen molar-refractivity contribution in [2.24, 2.45) is 5.92 Å². The van der Waals surface area contributed by atoms with Gasteiger partial charge in [0.2, 0.25) is 0 Å². The fourth-order valence-electron chi connectivity index (χ4n) is 2.06. The fraction of sp³-hybridized carbons (Fsp3) is 0.421. The standard InChI is InChI=1S/C19H21NO5/c1-3-4-9-24-18(21)15(12-20)10-13-5-8-16(17(11-13)23-2)25-19(22)14-6-7-14/h5,8,10-11,14H,3-4,6-7,9H2,1-2H3/b15-10+. The summed E-state index contributed by atoms with van der Waals surface area (Å²) in [6, 6.07) is 6.68. The summed E-state index contributed by atoms with van der Waals surface area (Å²) in [5.74, 6) is -0.259. The molecule has 0 amide bonds. The second kappa shape index (κ2) is 8.88. The van der Waals surface area contributed by atoms with Gasteiger partial charge < -0.3 is 14.2 Å². The van der Waals surface area contributed by atoms with E-state index in [-0.39, 0.29) is 24.1 Å². The smallest absolute Gasteiger partial charge is 0.348 e. The molecule has 1 aromatic rings. The normalized spacial score (nSPS) is 13.7. The van der Waals surface area contributed by atoms with Crippen LogP contribution in [0, 0.1) is 17.2 Å². The van der Waals surface area contributed by atoms with Crippen LogP contribution in [0.3, 0.4) is 0 Å². The number of hydrogen-bond acceptors (Lipinski definition) is 6. The molecule has 1 fully saturated rings. The Hall–Kier alpha value is -2.81. The Labute approximate surface area is 147 Å². The lowest BCUT2D eigenvalue weighted by atomic mass is 10.1. The number of unbranched alkanes of at least 4 members (excludes halogenated alkanes) is 1. The highest BCUT2D eigenvalue weighted by molar-refractivity contribution is 5.98. The number of esters is 2. The van der Waals surface area contributed by atoms with Crippen LogP contribution in [-0.2, 0) is 14.3 Å². The lowest BCUT2D eigenvalue weighted by molar-refractivity contribution is -0.138. The van der Waals surface area contributed by atoms with Gasteiger partial charge in [0, 0.05) is 0 Å². The minimum absolute atomic E-state index is 0.0210. The second-order valence-corrected chi connectivity index (χ2v) is 5.76. The third-order valence-corrected chi connectivity index (χ3v) is 3.69. The van der Waals surface area contributed by atoms with Crippen LogP contribution in [0.15, 0.2) is 23.8 Å². The van der Waals surface area contributed by atoms with E-state index in [9.17, 15) is 9.59 Å². The number of carbonyl (C=O) groups is 2.